The Bertz CT molecular complexity index is 601. The molecule has 10 heteroatoms. The number of aromatic nitrogens is 3. The molecule has 166 valence electrons. The molecular weight excluding hydrogens is 485 g/mol. The molecule has 0 saturated carbocycles. The molecule has 3 heterocycles. The lowest BCUT2D eigenvalue weighted by Crippen LogP contribution is -2.49. The molecule has 0 aromatic carbocycles. The van der Waals surface area contributed by atoms with Crippen molar-refractivity contribution in [2.24, 2.45) is 10.9 Å². The van der Waals surface area contributed by atoms with Crippen LogP contribution in [-0.2, 0) is 22.4 Å². The van der Waals surface area contributed by atoms with Gasteiger partial charge in [-0.3, -0.25) is 9.89 Å². The monoisotopic (exact) mass is 521 g/mol. The summed E-state index contributed by atoms with van der Waals surface area (Å²) < 4.78 is 13.3. The Morgan fingerprint density at radius 1 is 1.24 bits per heavy atom. The molecule has 3 rings (SSSR count). The lowest BCUT2D eigenvalue weighted by Gasteiger charge is -2.36. The average Bonchev–Trinajstić information content (AvgIpc) is 3.41. The number of halogens is 1. The largest absolute Gasteiger partial charge is 0.381 e. The fraction of sp³-hybridized carbons (Fsp3) is 0.842. The van der Waals surface area contributed by atoms with Crippen molar-refractivity contribution < 1.29 is 9.47 Å². The van der Waals surface area contributed by atoms with Gasteiger partial charge in [0, 0.05) is 57.7 Å². The predicted molar refractivity (Wildman–Crippen MR) is 124 cm³/mol. The van der Waals surface area contributed by atoms with Crippen LogP contribution >= 0.6 is 24.0 Å². The molecule has 29 heavy (non-hydrogen) atoms. The van der Waals surface area contributed by atoms with E-state index in [1.54, 1.807) is 6.33 Å². The number of nitrogens with zero attached hydrogens (tertiary/aromatic N) is 5. The van der Waals surface area contributed by atoms with Gasteiger partial charge in [0.25, 0.3) is 0 Å². The van der Waals surface area contributed by atoms with Crippen LogP contribution in [0.15, 0.2) is 11.3 Å². The van der Waals surface area contributed by atoms with E-state index >= 15 is 0 Å². The van der Waals surface area contributed by atoms with Gasteiger partial charge in [-0.05, 0) is 13.3 Å². The molecule has 0 radical (unpaired) electrons. The minimum Gasteiger partial charge on any atom is -0.381 e. The summed E-state index contributed by atoms with van der Waals surface area (Å²) >= 11 is 0. The van der Waals surface area contributed by atoms with Crippen LogP contribution in [-0.4, -0.2) is 90.8 Å². The number of hydrogen-bond acceptors (Lipinski definition) is 6. The Hall–Kier alpha value is -0.980. The van der Waals surface area contributed by atoms with Gasteiger partial charge in [0.1, 0.15) is 12.2 Å². The molecule has 2 atom stereocenters. The van der Waals surface area contributed by atoms with Crippen LogP contribution in [0.5, 0.6) is 0 Å². The van der Waals surface area contributed by atoms with Crippen molar-refractivity contribution in [3.8, 4) is 0 Å². The summed E-state index contributed by atoms with van der Waals surface area (Å²) in [6.07, 6.45) is 3.80. The first-order valence-electron chi connectivity index (χ1n) is 10.6. The summed E-state index contributed by atoms with van der Waals surface area (Å²) in [6.45, 7) is 12.7. The number of nitrogens with one attached hydrogen (secondary N) is 2. The fourth-order valence-corrected chi connectivity index (χ4v) is 3.89. The van der Waals surface area contributed by atoms with Gasteiger partial charge in [0.05, 0.1) is 26.4 Å². The van der Waals surface area contributed by atoms with Gasteiger partial charge in [-0.2, -0.15) is 0 Å². The van der Waals surface area contributed by atoms with Crippen LogP contribution in [0.25, 0.3) is 0 Å². The topological polar surface area (TPSA) is 88.8 Å². The molecule has 2 N–H and O–H groups in total. The summed E-state index contributed by atoms with van der Waals surface area (Å²) in [5.41, 5.74) is 0. The molecule has 2 aliphatic heterocycles. The lowest BCUT2D eigenvalue weighted by atomic mass is 9.97. The smallest absolute Gasteiger partial charge is 0.191 e. The number of guanidine groups is 1. The Labute approximate surface area is 191 Å². The Kier molecular flexibility index (Phi) is 11.2. The zero-order valence-electron chi connectivity index (χ0n) is 17.7. The van der Waals surface area contributed by atoms with E-state index < -0.39 is 0 Å². The Morgan fingerprint density at radius 2 is 2.07 bits per heavy atom. The number of aryl methyl sites for hydroxylation is 1. The van der Waals surface area contributed by atoms with Crippen molar-refractivity contribution in [2.45, 2.75) is 39.3 Å². The Morgan fingerprint density at radius 3 is 2.76 bits per heavy atom. The molecule has 0 spiro atoms. The first-order chi connectivity index (χ1) is 13.8. The van der Waals surface area contributed by atoms with E-state index in [9.17, 15) is 0 Å². The number of aliphatic imine (C=N–C) groups is 1. The lowest BCUT2D eigenvalue weighted by molar-refractivity contribution is 0.00368. The minimum absolute atomic E-state index is 0. The van der Waals surface area contributed by atoms with E-state index in [0.29, 0.717) is 12.0 Å². The van der Waals surface area contributed by atoms with Crippen LogP contribution < -0.4 is 10.6 Å². The van der Waals surface area contributed by atoms with E-state index in [4.69, 9.17) is 14.5 Å². The van der Waals surface area contributed by atoms with Crippen LogP contribution in [0.2, 0.25) is 0 Å². The highest BCUT2D eigenvalue weighted by atomic mass is 127. The standard InChI is InChI=1S/C19H35N7O2.HI/c1-3-18-24-23-15-26(18)7-6-21-19(20-4-2)22-13-17(16-5-10-28-14-16)25-8-11-27-12-9-25;/h15-17H,3-14H2,1-2H3,(H2,20,21,22);1H. The number of hydrogen-bond donors (Lipinski definition) is 2. The number of morpholine rings is 1. The SMILES string of the molecule is CCNC(=NCC(C1CCOC1)N1CCOCC1)NCCn1cnnc1CC.I. The molecule has 1 aromatic rings. The van der Waals surface area contributed by atoms with Crippen molar-refractivity contribution in [3.05, 3.63) is 12.2 Å². The summed E-state index contributed by atoms with van der Waals surface area (Å²) in [6, 6.07) is 0.409. The maximum Gasteiger partial charge on any atom is 0.191 e. The summed E-state index contributed by atoms with van der Waals surface area (Å²) in [7, 11) is 0. The molecule has 0 bridgehead atoms. The van der Waals surface area contributed by atoms with Gasteiger partial charge in [-0.1, -0.05) is 6.92 Å². The number of rotatable bonds is 9. The van der Waals surface area contributed by atoms with E-state index in [-0.39, 0.29) is 24.0 Å². The predicted octanol–water partition coefficient (Wildman–Crippen LogP) is 0.751. The minimum atomic E-state index is 0. The quantitative estimate of drug-likeness (QED) is 0.282. The van der Waals surface area contributed by atoms with Crippen LogP contribution in [0.3, 0.4) is 0 Å². The molecule has 2 saturated heterocycles. The second-order valence-corrected chi connectivity index (χ2v) is 7.28. The van der Waals surface area contributed by atoms with Gasteiger partial charge in [-0.25, -0.2) is 0 Å². The van der Waals surface area contributed by atoms with Gasteiger partial charge in [0.15, 0.2) is 5.96 Å². The van der Waals surface area contributed by atoms with Crippen molar-refractivity contribution in [2.75, 3.05) is 59.2 Å². The van der Waals surface area contributed by atoms with Crippen LogP contribution in [0, 0.1) is 5.92 Å². The van der Waals surface area contributed by atoms with Gasteiger partial charge >= 0.3 is 0 Å². The third-order valence-corrected chi connectivity index (χ3v) is 5.46. The van der Waals surface area contributed by atoms with E-state index in [1.807, 2.05) is 0 Å². The van der Waals surface area contributed by atoms with Crippen LogP contribution in [0.1, 0.15) is 26.1 Å². The first-order valence-corrected chi connectivity index (χ1v) is 10.6. The van der Waals surface area contributed by atoms with E-state index in [2.05, 4.69) is 44.1 Å². The average molecular weight is 521 g/mol. The highest BCUT2D eigenvalue weighted by Gasteiger charge is 2.31. The van der Waals surface area contributed by atoms with Gasteiger partial charge in [-0.15, -0.1) is 34.2 Å². The van der Waals surface area contributed by atoms with Crippen LogP contribution in [0.4, 0.5) is 0 Å². The molecule has 1 aromatic heterocycles. The van der Waals surface area contributed by atoms with Gasteiger partial charge < -0.3 is 24.7 Å². The van der Waals surface area contributed by atoms with Gasteiger partial charge in [0.2, 0.25) is 0 Å². The molecule has 2 aliphatic rings. The summed E-state index contributed by atoms with van der Waals surface area (Å²) in [5, 5.41) is 14.9. The van der Waals surface area contributed by atoms with E-state index in [1.165, 1.54) is 0 Å². The molecule has 2 unspecified atom stereocenters. The van der Waals surface area contributed by atoms with E-state index in [0.717, 1.165) is 90.3 Å². The molecule has 0 amide bonds. The molecular formula is C19H36IN7O2. The molecule has 9 nitrogen and oxygen atoms in total. The molecule has 2 fully saturated rings. The zero-order chi connectivity index (χ0) is 19.6. The Balaban J connectivity index is 0.00000300. The fourth-order valence-electron chi connectivity index (χ4n) is 3.89. The third-order valence-electron chi connectivity index (χ3n) is 5.46. The van der Waals surface area contributed by atoms with Crippen molar-refractivity contribution in [1.29, 1.82) is 0 Å². The summed E-state index contributed by atoms with van der Waals surface area (Å²) in [4.78, 5) is 7.44. The number of ether oxygens (including phenoxy) is 2. The third kappa shape index (κ3) is 7.34. The van der Waals surface area contributed by atoms with Crippen molar-refractivity contribution >= 4 is 29.9 Å². The molecule has 0 aliphatic carbocycles. The summed E-state index contributed by atoms with van der Waals surface area (Å²) in [5.74, 6) is 2.43. The zero-order valence-corrected chi connectivity index (χ0v) is 20.0. The second-order valence-electron chi connectivity index (χ2n) is 7.28. The van der Waals surface area contributed by atoms with Crippen molar-refractivity contribution in [3.63, 3.8) is 0 Å². The highest BCUT2D eigenvalue weighted by molar-refractivity contribution is 14.0. The maximum absolute atomic E-state index is 5.66. The highest BCUT2D eigenvalue weighted by Crippen LogP contribution is 2.22. The maximum atomic E-state index is 5.66. The van der Waals surface area contributed by atoms with Crippen molar-refractivity contribution in [1.82, 2.24) is 30.3 Å². The second kappa shape index (κ2) is 13.3. The first kappa shape index (κ1) is 24.3. The normalized spacial score (nSPS) is 21.6.